The topological polar surface area (TPSA) is 75.7 Å². The van der Waals surface area contributed by atoms with E-state index < -0.39 is 10.0 Å². The van der Waals surface area contributed by atoms with Crippen molar-refractivity contribution < 1.29 is 17.9 Å². The standard InChI is InChI=1S/C18H20N2O4S2/c21-18(17-2-1-8-24-17)19-15-4-3-13-5-7-20(11-14(13)10-15)26(22,23)16-6-9-25-12-16/h3-4,6,9-10,12,17H,1-2,5,7-8,11H2,(H,19,21). The number of sulfonamides is 1. The van der Waals surface area contributed by atoms with Gasteiger partial charge in [0.1, 0.15) is 6.10 Å². The summed E-state index contributed by atoms with van der Waals surface area (Å²) in [5.74, 6) is -0.138. The molecule has 1 amide bonds. The van der Waals surface area contributed by atoms with Gasteiger partial charge >= 0.3 is 0 Å². The van der Waals surface area contributed by atoms with Gasteiger partial charge in [0.05, 0.1) is 4.90 Å². The van der Waals surface area contributed by atoms with Crippen molar-refractivity contribution in [1.82, 2.24) is 4.31 Å². The van der Waals surface area contributed by atoms with Gasteiger partial charge in [-0.05, 0) is 54.0 Å². The fourth-order valence-corrected chi connectivity index (χ4v) is 5.80. The number of thiophene rings is 1. The monoisotopic (exact) mass is 392 g/mol. The number of nitrogens with one attached hydrogen (secondary N) is 1. The minimum absolute atomic E-state index is 0.138. The second kappa shape index (κ2) is 7.11. The van der Waals surface area contributed by atoms with Gasteiger partial charge in [-0.2, -0.15) is 15.6 Å². The van der Waals surface area contributed by atoms with Crippen LogP contribution in [0.5, 0.6) is 0 Å². The van der Waals surface area contributed by atoms with E-state index in [-0.39, 0.29) is 12.0 Å². The predicted molar refractivity (Wildman–Crippen MR) is 99.7 cm³/mol. The third-order valence-electron chi connectivity index (χ3n) is 4.81. The first kappa shape index (κ1) is 17.7. The molecule has 138 valence electrons. The number of nitrogens with zero attached hydrogens (tertiary/aromatic N) is 1. The summed E-state index contributed by atoms with van der Waals surface area (Å²) in [4.78, 5) is 12.6. The molecule has 1 atom stereocenters. The van der Waals surface area contributed by atoms with Gasteiger partial charge in [-0.1, -0.05) is 6.07 Å². The normalized spacial score (nSPS) is 20.7. The molecule has 0 bridgehead atoms. The summed E-state index contributed by atoms with van der Waals surface area (Å²) in [6, 6.07) is 7.34. The third kappa shape index (κ3) is 3.42. The zero-order valence-electron chi connectivity index (χ0n) is 14.2. The van der Waals surface area contributed by atoms with Gasteiger partial charge in [0.15, 0.2) is 0 Å². The van der Waals surface area contributed by atoms with Gasteiger partial charge in [0, 0.05) is 30.8 Å². The van der Waals surface area contributed by atoms with E-state index in [2.05, 4.69) is 5.32 Å². The Kier molecular flexibility index (Phi) is 4.83. The third-order valence-corrected chi connectivity index (χ3v) is 7.48. The first-order valence-corrected chi connectivity index (χ1v) is 11.0. The van der Waals surface area contributed by atoms with E-state index in [0.717, 1.165) is 24.0 Å². The van der Waals surface area contributed by atoms with E-state index in [1.165, 1.54) is 15.6 Å². The van der Waals surface area contributed by atoms with Gasteiger partial charge in [0.25, 0.3) is 5.91 Å². The Bertz CT molecular complexity index is 903. The lowest BCUT2D eigenvalue weighted by Gasteiger charge is -2.28. The molecule has 0 saturated carbocycles. The van der Waals surface area contributed by atoms with Crippen LogP contribution < -0.4 is 5.32 Å². The summed E-state index contributed by atoms with van der Waals surface area (Å²) in [5, 5.41) is 6.31. The van der Waals surface area contributed by atoms with Gasteiger partial charge in [-0.15, -0.1) is 0 Å². The van der Waals surface area contributed by atoms with Crippen LogP contribution in [0, 0.1) is 0 Å². The van der Waals surface area contributed by atoms with Crippen LogP contribution in [-0.2, 0) is 32.5 Å². The van der Waals surface area contributed by atoms with Crippen LogP contribution in [0.2, 0.25) is 0 Å². The molecule has 2 aliphatic heterocycles. The number of anilines is 1. The van der Waals surface area contributed by atoms with Gasteiger partial charge in [-0.25, -0.2) is 8.42 Å². The molecule has 8 heteroatoms. The molecule has 4 rings (SSSR count). The maximum Gasteiger partial charge on any atom is 0.253 e. The molecule has 1 unspecified atom stereocenters. The summed E-state index contributed by atoms with van der Waals surface area (Å²) in [6.45, 7) is 1.40. The predicted octanol–water partition coefficient (Wildman–Crippen LogP) is 2.61. The zero-order chi connectivity index (χ0) is 18.1. The quantitative estimate of drug-likeness (QED) is 0.868. The Morgan fingerprint density at radius 3 is 2.88 bits per heavy atom. The molecular formula is C18H20N2O4S2. The Balaban J connectivity index is 1.52. The van der Waals surface area contributed by atoms with Gasteiger partial charge in [0.2, 0.25) is 10.0 Å². The lowest BCUT2D eigenvalue weighted by Crippen LogP contribution is -2.36. The van der Waals surface area contributed by atoms with Crippen molar-refractivity contribution in [3.05, 3.63) is 46.2 Å². The summed E-state index contributed by atoms with van der Waals surface area (Å²) < 4.78 is 32.4. The number of hydrogen-bond donors (Lipinski definition) is 1. The summed E-state index contributed by atoms with van der Waals surface area (Å²) in [5.41, 5.74) is 2.73. The summed E-state index contributed by atoms with van der Waals surface area (Å²) in [7, 11) is -3.47. The molecule has 6 nitrogen and oxygen atoms in total. The van der Waals surface area contributed by atoms with Crippen LogP contribution in [0.25, 0.3) is 0 Å². The zero-order valence-corrected chi connectivity index (χ0v) is 15.8. The van der Waals surface area contributed by atoms with Crippen LogP contribution in [0.15, 0.2) is 39.9 Å². The lowest BCUT2D eigenvalue weighted by atomic mass is 10.0. The molecule has 1 aromatic heterocycles. The highest BCUT2D eigenvalue weighted by Crippen LogP contribution is 2.28. The van der Waals surface area contributed by atoms with Crippen molar-refractivity contribution in [3.8, 4) is 0 Å². The van der Waals surface area contributed by atoms with Crippen molar-refractivity contribution in [1.29, 1.82) is 0 Å². The van der Waals surface area contributed by atoms with E-state index in [1.54, 1.807) is 16.8 Å². The van der Waals surface area contributed by atoms with Gasteiger partial charge in [-0.3, -0.25) is 4.79 Å². The van der Waals surface area contributed by atoms with E-state index >= 15 is 0 Å². The lowest BCUT2D eigenvalue weighted by molar-refractivity contribution is -0.124. The fourth-order valence-electron chi connectivity index (χ4n) is 3.37. The highest BCUT2D eigenvalue weighted by Gasteiger charge is 2.29. The van der Waals surface area contributed by atoms with Crippen molar-refractivity contribution in [2.75, 3.05) is 18.5 Å². The molecule has 1 fully saturated rings. The molecule has 1 N–H and O–H groups in total. The molecule has 0 spiro atoms. The minimum atomic E-state index is -3.47. The van der Waals surface area contributed by atoms with Crippen LogP contribution >= 0.6 is 11.3 Å². The highest BCUT2D eigenvalue weighted by atomic mass is 32.2. The number of ether oxygens (including phenoxy) is 1. The number of rotatable bonds is 4. The highest BCUT2D eigenvalue weighted by molar-refractivity contribution is 7.89. The largest absolute Gasteiger partial charge is 0.368 e. The first-order chi connectivity index (χ1) is 12.5. The molecule has 26 heavy (non-hydrogen) atoms. The molecule has 1 aromatic carbocycles. The van der Waals surface area contributed by atoms with Crippen molar-refractivity contribution in [2.45, 2.75) is 36.8 Å². The molecule has 1 saturated heterocycles. The summed E-state index contributed by atoms with van der Waals surface area (Å²) in [6.07, 6.45) is 1.92. The summed E-state index contributed by atoms with van der Waals surface area (Å²) >= 11 is 1.37. The minimum Gasteiger partial charge on any atom is -0.368 e. The number of benzene rings is 1. The average molecular weight is 393 g/mol. The van der Waals surface area contributed by atoms with Crippen LogP contribution in [0.4, 0.5) is 5.69 Å². The van der Waals surface area contributed by atoms with Gasteiger partial charge < -0.3 is 10.1 Å². The number of amides is 1. The van der Waals surface area contributed by atoms with Crippen molar-refractivity contribution in [3.63, 3.8) is 0 Å². The van der Waals surface area contributed by atoms with E-state index in [9.17, 15) is 13.2 Å². The molecule has 2 aromatic rings. The molecule has 2 aliphatic rings. The van der Waals surface area contributed by atoms with Crippen LogP contribution in [0.1, 0.15) is 24.0 Å². The van der Waals surface area contributed by atoms with E-state index in [0.29, 0.717) is 36.7 Å². The smallest absolute Gasteiger partial charge is 0.253 e. The Morgan fingerprint density at radius 2 is 2.15 bits per heavy atom. The molecule has 0 aliphatic carbocycles. The van der Waals surface area contributed by atoms with E-state index in [1.807, 2.05) is 18.2 Å². The van der Waals surface area contributed by atoms with E-state index in [4.69, 9.17) is 4.74 Å². The molecular weight excluding hydrogens is 372 g/mol. The Morgan fingerprint density at radius 1 is 1.27 bits per heavy atom. The maximum absolute atomic E-state index is 12.7. The van der Waals surface area contributed by atoms with Crippen LogP contribution in [-0.4, -0.2) is 37.9 Å². The first-order valence-electron chi connectivity index (χ1n) is 8.61. The second-order valence-electron chi connectivity index (χ2n) is 6.52. The van der Waals surface area contributed by atoms with Crippen LogP contribution in [0.3, 0.4) is 0 Å². The average Bonchev–Trinajstić information content (AvgIpc) is 3.34. The fraction of sp³-hybridized carbons (Fsp3) is 0.389. The number of hydrogen-bond acceptors (Lipinski definition) is 5. The van der Waals surface area contributed by atoms with Crippen molar-refractivity contribution in [2.24, 2.45) is 0 Å². The van der Waals surface area contributed by atoms with Crippen molar-refractivity contribution >= 4 is 33.0 Å². The maximum atomic E-state index is 12.7. The Labute approximate surface area is 156 Å². The number of fused-ring (bicyclic) bond motifs is 1. The molecule has 0 radical (unpaired) electrons. The molecule has 3 heterocycles. The SMILES string of the molecule is O=C(Nc1ccc2c(c1)CN(S(=O)(=O)c1ccsc1)CC2)C1CCCO1. The Hall–Kier alpha value is -1.74. The number of carbonyl (C=O) groups excluding carboxylic acids is 1. The second-order valence-corrected chi connectivity index (χ2v) is 9.24. The number of carbonyl (C=O) groups is 1.